The van der Waals surface area contributed by atoms with E-state index < -0.39 is 22.6 Å². The molecule has 1 aliphatic heterocycles. The Hall–Kier alpha value is -2.86. The summed E-state index contributed by atoms with van der Waals surface area (Å²) in [6, 6.07) is 1.13. The van der Waals surface area contributed by atoms with Gasteiger partial charge in [0.25, 0.3) is 5.56 Å². The first kappa shape index (κ1) is 21.4. The van der Waals surface area contributed by atoms with Crippen LogP contribution >= 0.6 is 0 Å². The molecule has 2 atom stereocenters. The third-order valence-electron chi connectivity index (χ3n) is 6.60. The lowest BCUT2D eigenvalue weighted by Crippen LogP contribution is -2.49. The molecule has 2 aromatic rings. The molecule has 2 aliphatic rings. The van der Waals surface area contributed by atoms with Crippen LogP contribution in [0.5, 0.6) is 5.75 Å². The molecule has 2 N–H and O–H groups in total. The average Bonchev–Trinajstić information content (AvgIpc) is 3.45. The summed E-state index contributed by atoms with van der Waals surface area (Å²) in [5, 5.41) is 3.38. The zero-order valence-electron chi connectivity index (χ0n) is 18.3. The summed E-state index contributed by atoms with van der Waals surface area (Å²) in [4.78, 5) is 33.0. The van der Waals surface area contributed by atoms with Crippen molar-refractivity contribution in [3.05, 3.63) is 44.1 Å². The van der Waals surface area contributed by atoms with E-state index in [4.69, 9.17) is 11.3 Å². The van der Waals surface area contributed by atoms with Gasteiger partial charge in [0.1, 0.15) is 11.2 Å². The number of nitrogens with one attached hydrogen (secondary N) is 2. The predicted molar refractivity (Wildman–Crippen MR) is 117 cm³/mol. The molecule has 2 unspecified atom stereocenters. The Balaban J connectivity index is 1.83. The first-order chi connectivity index (χ1) is 14.7. The fourth-order valence-corrected chi connectivity index (χ4v) is 5.01. The summed E-state index contributed by atoms with van der Waals surface area (Å²) in [6.07, 6.45) is 2.45. The van der Waals surface area contributed by atoms with E-state index in [1.165, 1.54) is 17.7 Å². The van der Waals surface area contributed by atoms with Crippen molar-refractivity contribution in [2.75, 3.05) is 32.1 Å². The Morgan fingerprint density at radius 2 is 2.06 bits per heavy atom. The molecule has 0 spiro atoms. The van der Waals surface area contributed by atoms with Gasteiger partial charge < -0.3 is 19.8 Å². The second-order valence-electron chi connectivity index (χ2n) is 9.02. The zero-order valence-corrected chi connectivity index (χ0v) is 18.3. The highest BCUT2D eigenvalue weighted by Crippen LogP contribution is 2.44. The van der Waals surface area contributed by atoms with Crippen LogP contribution in [-0.2, 0) is 0 Å². The minimum atomic E-state index is -0.617. The van der Waals surface area contributed by atoms with Crippen molar-refractivity contribution in [1.29, 1.82) is 0 Å². The number of anilines is 1. The molecule has 9 heteroatoms. The quantitative estimate of drug-likeness (QED) is 0.689. The van der Waals surface area contributed by atoms with Gasteiger partial charge in [0, 0.05) is 38.9 Å². The molecule has 0 radical (unpaired) electrons. The number of fused-ring (bicyclic) bond motifs is 1. The molecule has 1 saturated carbocycles. The highest BCUT2D eigenvalue weighted by molar-refractivity contribution is 5.91. The molecular formula is C22H28FN5O3. The molecule has 166 valence electrons. The minimum Gasteiger partial charge on any atom is -0.492 e. The number of halogens is 1. The summed E-state index contributed by atoms with van der Waals surface area (Å²) < 4.78 is 22.5. The molecule has 2 fully saturated rings. The van der Waals surface area contributed by atoms with Crippen molar-refractivity contribution in [3.8, 4) is 5.75 Å². The molecule has 1 aliphatic carbocycles. The van der Waals surface area contributed by atoms with Gasteiger partial charge >= 0.3 is 5.69 Å². The second-order valence-corrected chi connectivity index (χ2v) is 9.02. The Bertz CT molecular complexity index is 1170. The molecule has 2 heterocycles. The van der Waals surface area contributed by atoms with Gasteiger partial charge in [0.15, 0.2) is 11.6 Å². The molecule has 8 nitrogen and oxygen atoms in total. The zero-order chi connectivity index (χ0) is 22.5. The van der Waals surface area contributed by atoms with Crippen LogP contribution in [0.2, 0.25) is 0 Å². The van der Waals surface area contributed by atoms with E-state index in [-0.39, 0.29) is 34.8 Å². The average molecular weight is 429 g/mol. The number of methoxy groups -OCH3 is 1. The van der Waals surface area contributed by atoms with Crippen molar-refractivity contribution in [1.82, 2.24) is 14.9 Å². The van der Waals surface area contributed by atoms with Crippen LogP contribution in [0.15, 0.2) is 15.7 Å². The SMILES string of the molecule is [C-]#[N+]C(C)(C)C(NC)C1CCN(c2c(F)cc3c(=O)[nH]c(=O)n(C4CC4)c3c2OC)C1. The van der Waals surface area contributed by atoms with E-state index in [9.17, 15) is 9.59 Å². The van der Waals surface area contributed by atoms with Crippen LogP contribution < -0.4 is 26.2 Å². The van der Waals surface area contributed by atoms with Crippen LogP contribution in [0.3, 0.4) is 0 Å². The lowest BCUT2D eigenvalue weighted by molar-refractivity contribution is 0.309. The maximum Gasteiger partial charge on any atom is 0.329 e. The van der Waals surface area contributed by atoms with Crippen LogP contribution in [0.1, 0.15) is 39.2 Å². The number of nitrogens with zero attached hydrogens (tertiary/aromatic N) is 3. The van der Waals surface area contributed by atoms with E-state index in [0.717, 1.165) is 19.3 Å². The van der Waals surface area contributed by atoms with Crippen molar-refractivity contribution >= 4 is 16.6 Å². The minimum absolute atomic E-state index is 0.0153. The maximum atomic E-state index is 15.3. The van der Waals surface area contributed by atoms with Crippen molar-refractivity contribution < 1.29 is 9.13 Å². The predicted octanol–water partition coefficient (Wildman–Crippen LogP) is 2.28. The van der Waals surface area contributed by atoms with Gasteiger partial charge in [0.05, 0.1) is 18.5 Å². The van der Waals surface area contributed by atoms with Gasteiger partial charge in [-0.15, -0.1) is 0 Å². The number of likely N-dealkylation sites (N-methyl/N-ethyl adjacent to an activating group) is 1. The topological polar surface area (TPSA) is 83.7 Å². The number of H-pyrrole nitrogens is 1. The molecule has 31 heavy (non-hydrogen) atoms. The maximum absolute atomic E-state index is 15.3. The summed E-state index contributed by atoms with van der Waals surface area (Å²) in [5.41, 5.74) is -1.09. The highest BCUT2D eigenvalue weighted by atomic mass is 19.1. The van der Waals surface area contributed by atoms with E-state index >= 15 is 4.39 Å². The number of rotatable bonds is 6. The molecule has 4 rings (SSSR count). The third-order valence-corrected chi connectivity index (χ3v) is 6.60. The van der Waals surface area contributed by atoms with Crippen molar-refractivity contribution in [3.63, 3.8) is 0 Å². The van der Waals surface area contributed by atoms with E-state index in [1.807, 2.05) is 25.8 Å². The van der Waals surface area contributed by atoms with Crippen LogP contribution in [0.25, 0.3) is 15.7 Å². The van der Waals surface area contributed by atoms with Crippen molar-refractivity contribution in [2.24, 2.45) is 5.92 Å². The number of benzene rings is 1. The standard InChI is InChI=1S/C22H28FN5O3/c1-22(2,25-4)19(24-3)12-8-9-27(11-12)17-15(23)10-14-16(18(17)31-5)28(13-6-7-13)21(30)26-20(14)29/h10,12-13,19,24H,6-9,11H2,1-3,5H3,(H,26,29,30). The Kier molecular flexibility index (Phi) is 5.30. The van der Waals surface area contributed by atoms with Gasteiger partial charge in [-0.05, 0) is 32.4 Å². The number of hydrogen-bond acceptors (Lipinski definition) is 5. The lowest BCUT2D eigenvalue weighted by Gasteiger charge is -2.30. The summed E-state index contributed by atoms with van der Waals surface area (Å²) in [6.45, 7) is 12.5. The van der Waals surface area contributed by atoms with Gasteiger partial charge in [-0.25, -0.2) is 15.8 Å². The summed E-state index contributed by atoms with van der Waals surface area (Å²) in [5.74, 6) is -0.197. The Labute approximate surface area is 179 Å². The number of aromatic nitrogens is 2. The first-order valence-electron chi connectivity index (χ1n) is 10.6. The lowest BCUT2D eigenvalue weighted by atomic mass is 9.84. The number of aromatic amines is 1. The summed E-state index contributed by atoms with van der Waals surface area (Å²) >= 11 is 0. The normalized spacial score (nSPS) is 20.1. The monoisotopic (exact) mass is 429 g/mol. The largest absolute Gasteiger partial charge is 0.492 e. The highest BCUT2D eigenvalue weighted by Gasteiger charge is 2.43. The van der Waals surface area contributed by atoms with Crippen LogP contribution in [0, 0.1) is 18.3 Å². The first-order valence-corrected chi connectivity index (χ1v) is 10.6. The van der Waals surface area contributed by atoms with Gasteiger partial charge in [0.2, 0.25) is 5.54 Å². The molecule has 1 saturated heterocycles. The van der Waals surface area contributed by atoms with E-state index in [0.29, 0.717) is 18.6 Å². The molecule has 1 aromatic carbocycles. The third kappa shape index (κ3) is 3.49. The molecule has 0 amide bonds. The number of ether oxygens (including phenoxy) is 1. The van der Waals surface area contributed by atoms with Gasteiger partial charge in [-0.2, -0.15) is 0 Å². The van der Waals surface area contributed by atoms with E-state index in [1.54, 1.807) is 0 Å². The van der Waals surface area contributed by atoms with E-state index in [2.05, 4.69) is 15.1 Å². The fourth-order valence-electron chi connectivity index (χ4n) is 5.01. The Morgan fingerprint density at radius 3 is 2.65 bits per heavy atom. The van der Waals surface area contributed by atoms with Crippen molar-refractivity contribution in [2.45, 2.75) is 50.7 Å². The van der Waals surface area contributed by atoms with Crippen LogP contribution in [0.4, 0.5) is 10.1 Å². The fraction of sp³-hybridized carbons (Fsp3) is 0.591. The molecular weight excluding hydrogens is 401 g/mol. The van der Waals surface area contributed by atoms with Crippen LogP contribution in [-0.4, -0.2) is 48.4 Å². The Morgan fingerprint density at radius 1 is 1.35 bits per heavy atom. The number of hydrogen-bond donors (Lipinski definition) is 2. The molecule has 0 bridgehead atoms. The molecule has 1 aromatic heterocycles. The second kappa shape index (κ2) is 7.68. The smallest absolute Gasteiger partial charge is 0.329 e. The van der Waals surface area contributed by atoms with Gasteiger partial charge in [-0.1, -0.05) is 0 Å². The van der Waals surface area contributed by atoms with Gasteiger partial charge in [-0.3, -0.25) is 14.3 Å². The summed E-state index contributed by atoms with van der Waals surface area (Å²) in [7, 11) is 3.28.